The van der Waals surface area contributed by atoms with Gasteiger partial charge in [-0.3, -0.25) is 4.90 Å². The highest BCUT2D eigenvalue weighted by Gasteiger charge is 2.20. The monoisotopic (exact) mass is 345 g/mol. The van der Waals surface area contributed by atoms with E-state index in [2.05, 4.69) is 22.3 Å². The summed E-state index contributed by atoms with van der Waals surface area (Å²) in [5, 5.41) is 2.53. The van der Waals surface area contributed by atoms with Crippen molar-refractivity contribution in [3.8, 4) is 0 Å². The van der Waals surface area contributed by atoms with Crippen LogP contribution >= 0.6 is 0 Å². The Morgan fingerprint density at radius 1 is 1.00 bits per heavy atom. The van der Waals surface area contributed by atoms with E-state index < -0.39 is 11.6 Å². The van der Waals surface area contributed by atoms with Crippen LogP contribution in [0.3, 0.4) is 0 Å². The molecule has 0 atom stereocenters. The van der Waals surface area contributed by atoms with Gasteiger partial charge in [0.2, 0.25) is 0 Å². The maximum Gasteiger partial charge on any atom is 0.321 e. The highest BCUT2D eigenvalue weighted by Crippen LogP contribution is 2.16. The first-order chi connectivity index (χ1) is 12.1. The predicted octanol–water partition coefficient (Wildman–Crippen LogP) is 3.70. The van der Waals surface area contributed by atoms with Crippen LogP contribution < -0.4 is 5.32 Å². The molecule has 6 heteroatoms. The number of carbonyl (C=O) groups is 1. The summed E-state index contributed by atoms with van der Waals surface area (Å²) in [5.74, 6) is -1.43. The molecule has 0 aliphatic carbocycles. The fourth-order valence-corrected chi connectivity index (χ4v) is 2.96. The SMILES string of the molecule is O=C(Nc1ccc(F)cc1F)N1CCCN(Cc2ccccc2)CC1. The number of hydrogen-bond acceptors (Lipinski definition) is 2. The lowest BCUT2D eigenvalue weighted by Gasteiger charge is -2.22. The molecule has 0 bridgehead atoms. The molecule has 1 aliphatic rings. The third-order valence-corrected chi connectivity index (χ3v) is 4.30. The van der Waals surface area contributed by atoms with Crippen LogP contribution in [-0.4, -0.2) is 42.0 Å². The zero-order valence-corrected chi connectivity index (χ0v) is 13.9. The Morgan fingerprint density at radius 3 is 2.56 bits per heavy atom. The molecule has 3 rings (SSSR count). The quantitative estimate of drug-likeness (QED) is 0.921. The summed E-state index contributed by atoms with van der Waals surface area (Å²) in [6, 6.07) is 13.0. The average Bonchev–Trinajstić information content (AvgIpc) is 2.84. The Kier molecular flexibility index (Phi) is 5.60. The summed E-state index contributed by atoms with van der Waals surface area (Å²) < 4.78 is 26.6. The van der Waals surface area contributed by atoms with Gasteiger partial charge in [0.05, 0.1) is 5.69 Å². The summed E-state index contributed by atoms with van der Waals surface area (Å²) in [7, 11) is 0. The smallest absolute Gasteiger partial charge is 0.321 e. The third kappa shape index (κ3) is 4.76. The minimum absolute atomic E-state index is 0.00297. The third-order valence-electron chi connectivity index (χ3n) is 4.30. The van der Waals surface area contributed by atoms with Gasteiger partial charge in [-0.1, -0.05) is 30.3 Å². The zero-order valence-electron chi connectivity index (χ0n) is 13.9. The van der Waals surface area contributed by atoms with Gasteiger partial charge in [-0.15, -0.1) is 0 Å². The molecule has 1 saturated heterocycles. The van der Waals surface area contributed by atoms with E-state index in [1.165, 1.54) is 11.6 Å². The molecule has 1 heterocycles. The first kappa shape index (κ1) is 17.4. The highest BCUT2D eigenvalue weighted by atomic mass is 19.1. The van der Waals surface area contributed by atoms with E-state index in [4.69, 9.17) is 0 Å². The standard InChI is InChI=1S/C19H21F2N3O/c20-16-7-8-18(17(21)13-16)22-19(25)24-10-4-9-23(11-12-24)14-15-5-2-1-3-6-15/h1-3,5-8,13H,4,9-12,14H2,(H,22,25). The van der Waals surface area contributed by atoms with Crippen molar-refractivity contribution in [3.05, 3.63) is 65.7 Å². The molecule has 0 aromatic heterocycles. The Morgan fingerprint density at radius 2 is 1.80 bits per heavy atom. The Labute approximate surface area is 146 Å². The largest absolute Gasteiger partial charge is 0.323 e. The molecule has 4 nitrogen and oxygen atoms in total. The predicted molar refractivity (Wildman–Crippen MR) is 93.3 cm³/mol. The fourth-order valence-electron chi connectivity index (χ4n) is 2.96. The van der Waals surface area contributed by atoms with E-state index in [1.807, 2.05) is 18.2 Å². The minimum Gasteiger partial charge on any atom is -0.323 e. The summed E-state index contributed by atoms with van der Waals surface area (Å²) in [6.07, 6.45) is 0.853. The van der Waals surface area contributed by atoms with Crippen molar-refractivity contribution in [2.45, 2.75) is 13.0 Å². The Bertz CT molecular complexity index is 724. The van der Waals surface area contributed by atoms with E-state index in [1.54, 1.807) is 4.90 Å². The number of anilines is 1. The first-order valence-corrected chi connectivity index (χ1v) is 8.39. The minimum atomic E-state index is -0.770. The van der Waals surface area contributed by atoms with Crippen LogP contribution in [0.15, 0.2) is 48.5 Å². The van der Waals surface area contributed by atoms with Gasteiger partial charge in [0.1, 0.15) is 11.6 Å². The van der Waals surface area contributed by atoms with E-state index >= 15 is 0 Å². The summed E-state index contributed by atoms with van der Waals surface area (Å²) in [5.41, 5.74) is 1.24. The van der Waals surface area contributed by atoms with Gasteiger partial charge in [0.15, 0.2) is 0 Å². The lowest BCUT2D eigenvalue weighted by molar-refractivity contribution is 0.211. The van der Waals surface area contributed by atoms with Gasteiger partial charge in [-0.25, -0.2) is 13.6 Å². The second-order valence-electron chi connectivity index (χ2n) is 6.16. The van der Waals surface area contributed by atoms with Gasteiger partial charge in [-0.05, 0) is 24.1 Å². The number of nitrogens with one attached hydrogen (secondary N) is 1. The summed E-state index contributed by atoms with van der Waals surface area (Å²) in [6.45, 7) is 3.70. The lowest BCUT2D eigenvalue weighted by Crippen LogP contribution is -2.38. The number of benzene rings is 2. The van der Waals surface area contributed by atoms with Crippen molar-refractivity contribution < 1.29 is 13.6 Å². The number of nitrogens with zero attached hydrogens (tertiary/aromatic N) is 2. The molecular weight excluding hydrogens is 324 g/mol. The van der Waals surface area contributed by atoms with Crippen molar-refractivity contribution in [1.29, 1.82) is 0 Å². The van der Waals surface area contributed by atoms with Gasteiger partial charge in [0.25, 0.3) is 0 Å². The molecule has 1 aliphatic heterocycles. The van der Waals surface area contributed by atoms with E-state index in [-0.39, 0.29) is 11.7 Å². The van der Waals surface area contributed by atoms with E-state index in [0.29, 0.717) is 13.1 Å². The van der Waals surface area contributed by atoms with Gasteiger partial charge >= 0.3 is 6.03 Å². The molecule has 0 radical (unpaired) electrons. The summed E-state index contributed by atoms with van der Waals surface area (Å²) >= 11 is 0. The molecule has 2 amide bonds. The number of hydrogen-bond donors (Lipinski definition) is 1. The Balaban J connectivity index is 1.56. The van der Waals surface area contributed by atoms with Crippen molar-refractivity contribution in [2.75, 3.05) is 31.5 Å². The van der Waals surface area contributed by atoms with Gasteiger partial charge < -0.3 is 10.2 Å². The maximum atomic E-state index is 13.7. The number of rotatable bonds is 3. The van der Waals surface area contributed by atoms with Crippen molar-refractivity contribution in [2.24, 2.45) is 0 Å². The molecule has 1 N–H and O–H groups in total. The molecule has 25 heavy (non-hydrogen) atoms. The molecule has 0 saturated carbocycles. The number of urea groups is 1. The second-order valence-corrected chi connectivity index (χ2v) is 6.16. The maximum absolute atomic E-state index is 13.7. The molecule has 0 unspecified atom stereocenters. The van der Waals surface area contributed by atoms with Gasteiger partial charge in [-0.2, -0.15) is 0 Å². The summed E-state index contributed by atoms with van der Waals surface area (Å²) in [4.78, 5) is 16.3. The first-order valence-electron chi connectivity index (χ1n) is 8.39. The van der Waals surface area contributed by atoms with Gasteiger partial charge in [0, 0.05) is 38.8 Å². The van der Waals surface area contributed by atoms with Crippen molar-refractivity contribution >= 4 is 11.7 Å². The topological polar surface area (TPSA) is 35.6 Å². The second kappa shape index (κ2) is 8.07. The zero-order chi connectivity index (χ0) is 17.6. The fraction of sp³-hybridized carbons (Fsp3) is 0.316. The van der Waals surface area contributed by atoms with E-state index in [0.717, 1.165) is 38.2 Å². The van der Waals surface area contributed by atoms with E-state index in [9.17, 15) is 13.6 Å². The number of carbonyl (C=O) groups excluding carboxylic acids is 1. The van der Waals surface area contributed by atoms with Crippen LogP contribution in [0.4, 0.5) is 19.3 Å². The van der Waals surface area contributed by atoms with Crippen molar-refractivity contribution in [3.63, 3.8) is 0 Å². The average molecular weight is 345 g/mol. The molecule has 0 spiro atoms. The normalized spacial score (nSPS) is 15.7. The van der Waals surface area contributed by atoms with Crippen LogP contribution in [0, 0.1) is 11.6 Å². The molecule has 2 aromatic rings. The highest BCUT2D eigenvalue weighted by molar-refractivity contribution is 5.89. The Hall–Kier alpha value is -2.47. The molecule has 2 aromatic carbocycles. The van der Waals surface area contributed by atoms with Crippen LogP contribution in [0.5, 0.6) is 0 Å². The lowest BCUT2D eigenvalue weighted by atomic mass is 10.2. The molecule has 1 fully saturated rings. The van der Waals surface area contributed by atoms with Crippen LogP contribution in [0.25, 0.3) is 0 Å². The number of halogens is 2. The molecule has 132 valence electrons. The number of amides is 2. The van der Waals surface area contributed by atoms with Crippen LogP contribution in [-0.2, 0) is 6.54 Å². The van der Waals surface area contributed by atoms with Crippen LogP contribution in [0.2, 0.25) is 0 Å². The van der Waals surface area contributed by atoms with Crippen LogP contribution in [0.1, 0.15) is 12.0 Å². The molecular formula is C19H21F2N3O. The van der Waals surface area contributed by atoms with Crippen molar-refractivity contribution in [1.82, 2.24) is 9.80 Å².